The lowest BCUT2D eigenvalue weighted by Crippen LogP contribution is -2.45. The topological polar surface area (TPSA) is 49.3 Å². The molecule has 21 heavy (non-hydrogen) atoms. The Balaban J connectivity index is 2.23. The summed E-state index contributed by atoms with van der Waals surface area (Å²) in [4.78, 5) is 11.7. The first-order valence-corrected chi connectivity index (χ1v) is 7.16. The van der Waals surface area contributed by atoms with Crippen molar-refractivity contribution in [3.63, 3.8) is 0 Å². The summed E-state index contributed by atoms with van der Waals surface area (Å²) in [6.07, 6.45) is 0.325. The molecule has 1 atom stereocenters. The van der Waals surface area contributed by atoms with Crippen LogP contribution < -0.4 is 5.32 Å². The molecule has 0 amide bonds. The number of hydrogen-bond donors (Lipinski definition) is 2. The Hall–Kier alpha value is -1.71. The molecule has 2 rings (SSSR count). The maximum absolute atomic E-state index is 11.7. The first kappa shape index (κ1) is 15.7. The lowest BCUT2D eigenvalue weighted by atomic mass is 9.92. The Labute approximate surface area is 133 Å². The predicted octanol–water partition coefficient (Wildman–Crippen LogP) is 4.49. The van der Waals surface area contributed by atoms with Crippen LogP contribution in [0.1, 0.15) is 12.5 Å². The minimum absolute atomic E-state index is 0.325. The van der Waals surface area contributed by atoms with Gasteiger partial charge in [0.25, 0.3) is 0 Å². The van der Waals surface area contributed by atoms with Crippen LogP contribution in [-0.2, 0) is 11.2 Å². The van der Waals surface area contributed by atoms with E-state index in [-0.39, 0.29) is 0 Å². The molecule has 0 spiro atoms. The van der Waals surface area contributed by atoms with Gasteiger partial charge in [0, 0.05) is 22.2 Å². The Morgan fingerprint density at radius 3 is 2.38 bits per heavy atom. The van der Waals surface area contributed by atoms with Crippen LogP contribution in [-0.4, -0.2) is 16.6 Å². The van der Waals surface area contributed by atoms with Gasteiger partial charge in [0.15, 0.2) is 0 Å². The summed E-state index contributed by atoms with van der Waals surface area (Å²) in [5.74, 6) is -0.933. The van der Waals surface area contributed by atoms with Crippen molar-refractivity contribution in [2.75, 3.05) is 5.32 Å². The molecule has 0 saturated carbocycles. The minimum Gasteiger partial charge on any atom is -0.480 e. The Morgan fingerprint density at radius 1 is 1.14 bits per heavy atom. The molecule has 0 fully saturated rings. The van der Waals surface area contributed by atoms with Crippen molar-refractivity contribution in [1.82, 2.24) is 0 Å². The zero-order valence-corrected chi connectivity index (χ0v) is 12.9. The number of carbonyl (C=O) groups is 1. The number of benzene rings is 2. The highest BCUT2D eigenvalue weighted by Gasteiger charge is 2.33. The molecule has 0 saturated heterocycles. The fourth-order valence-corrected chi connectivity index (χ4v) is 2.38. The molecule has 2 N–H and O–H groups in total. The molecule has 110 valence electrons. The monoisotopic (exact) mass is 323 g/mol. The van der Waals surface area contributed by atoms with Gasteiger partial charge in [-0.25, -0.2) is 4.79 Å². The van der Waals surface area contributed by atoms with Crippen molar-refractivity contribution in [2.45, 2.75) is 18.9 Å². The molecule has 0 aromatic heterocycles. The van der Waals surface area contributed by atoms with Crippen LogP contribution >= 0.6 is 23.2 Å². The van der Waals surface area contributed by atoms with E-state index in [2.05, 4.69) is 5.32 Å². The van der Waals surface area contributed by atoms with Gasteiger partial charge in [-0.15, -0.1) is 0 Å². The summed E-state index contributed by atoms with van der Waals surface area (Å²) >= 11 is 11.8. The number of aliphatic carboxylic acids is 1. The number of carboxylic acid groups (broad SMARTS) is 1. The summed E-state index contributed by atoms with van der Waals surface area (Å²) in [5.41, 5.74) is 0.415. The van der Waals surface area contributed by atoms with Crippen LogP contribution in [0.15, 0.2) is 48.5 Å². The SMILES string of the molecule is CC(Cc1ccc(Cl)cc1)(Nc1cccc(Cl)c1)C(=O)O. The standard InChI is InChI=1S/C16H15Cl2NO2/c1-16(15(20)21,10-11-5-7-12(17)8-6-11)19-14-4-2-3-13(18)9-14/h2-9,19H,10H2,1H3,(H,20,21). The average molecular weight is 324 g/mol. The van der Waals surface area contributed by atoms with Gasteiger partial charge in [-0.2, -0.15) is 0 Å². The maximum Gasteiger partial charge on any atom is 0.329 e. The van der Waals surface area contributed by atoms with Gasteiger partial charge in [0.05, 0.1) is 0 Å². The van der Waals surface area contributed by atoms with Crippen molar-refractivity contribution in [3.05, 3.63) is 64.1 Å². The molecular formula is C16H15Cl2NO2. The molecule has 5 heteroatoms. The molecule has 0 heterocycles. The van der Waals surface area contributed by atoms with E-state index in [4.69, 9.17) is 23.2 Å². The number of rotatable bonds is 5. The van der Waals surface area contributed by atoms with Crippen LogP contribution in [0.5, 0.6) is 0 Å². The Morgan fingerprint density at radius 2 is 1.81 bits per heavy atom. The Bertz CT molecular complexity index is 643. The molecule has 2 aromatic rings. The number of anilines is 1. The lowest BCUT2D eigenvalue weighted by molar-refractivity contribution is -0.141. The molecular weight excluding hydrogens is 309 g/mol. The van der Waals surface area contributed by atoms with Crippen LogP contribution in [0.3, 0.4) is 0 Å². The number of carboxylic acids is 1. The van der Waals surface area contributed by atoms with Gasteiger partial charge in [-0.05, 0) is 42.8 Å². The smallest absolute Gasteiger partial charge is 0.329 e. The third-order valence-electron chi connectivity index (χ3n) is 3.19. The molecule has 0 radical (unpaired) electrons. The van der Waals surface area contributed by atoms with Crippen molar-refractivity contribution in [2.24, 2.45) is 0 Å². The van der Waals surface area contributed by atoms with Crippen LogP contribution in [0, 0.1) is 0 Å². The van der Waals surface area contributed by atoms with Gasteiger partial charge in [0.2, 0.25) is 0 Å². The quantitative estimate of drug-likeness (QED) is 0.852. The second-order valence-electron chi connectivity index (χ2n) is 5.08. The molecule has 0 aliphatic rings. The van der Waals surface area contributed by atoms with E-state index in [1.807, 2.05) is 12.1 Å². The lowest BCUT2D eigenvalue weighted by Gasteiger charge is -2.27. The van der Waals surface area contributed by atoms with Gasteiger partial charge >= 0.3 is 5.97 Å². The second-order valence-corrected chi connectivity index (χ2v) is 5.95. The van der Waals surface area contributed by atoms with E-state index in [1.54, 1.807) is 43.3 Å². The van der Waals surface area contributed by atoms with E-state index >= 15 is 0 Å². The van der Waals surface area contributed by atoms with Crippen molar-refractivity contribution < 1.29 is 9.90 Å². The highest BCUT2D eigenvalue weighted by atomic mass is 35.5. The minimum atomic E-state index is -1.14. The normalized spacial score (nSPS) is 13.5. The number of halogens is 2. The largest absolute Gasteiger partial charge is 0.480 e. The predicted molar refractivity (Wildman–Crippen MR) is 86.3 cm³/mol. The third-order valence-corrected chi connectivity index (χ3v) is 3.67. The molecule has 2 aromatic carbocycles. The summed E-state index contributed by atoms with van der Waals surface area (Å²) < 4.78 is 0. The van der Waals surface area contributed by atoms with E-state index in [9.17, 15) is 9.90 Å². The zero-order valence-electron chi connectivity index (χ0n) is 11.4. The van der Waals surface area contributed by atoms with Crippen molar-refractivity contribution in [3.8, 4) is 0 Å². The summed E-state index contributed by atoms with van der Waals surface area (Å²) in [5, 5.41) is 13.8. The van der Waals surface area contributed by atoms with E-state index in [0.29, 0.717) is 22.2 Å². The summed E-state index contributed by atoms with van der Waals surface area (Å²) in [6, 6.07) is 14.1. The average Bonchev–Trinajstić information content (AvgIpc) is 2.41. The van der Waals surface area contributed by atoms with Crippen molar-refractivity contribution >= 4 is 34.9 Å². The van der Waals surface area contributed by atoms with E-state index in [1.165, 1.54) is 0 Å². The molecule has 0 aliphatic heterocycles. The van der Waals surface area contributed by atoms with Crippen molar-refractivity contribution in [1.29, 1.82) is 0 Å². The van der Waals surface area contributed by atoms with E-state index < -0.39 is 11.5 Å². The van der Waals surface area contributed by atoms with Gasteiger partial charge in [0.1, 0.15) is 5.54 Å². The first-order valence-electron chi connectivity index (χ1n) is 6.41. The number of hydrogen-bond acceptors (Lipinski definition) is 2. The zero-order chi connectivity index (χ0) is 15.5. The number of nitrogens with one attached hydrogen (secondary N) is 1. The first-order chi connectivity index (χ1) is 9.89. The molecule has 1 unspecified atom stereocenters. The molecule has 3 nitrogen and oxygen atoms in total. The van der Waals surface area contributed by atoms with Crippen LogP contribution in [0.4, 0.5) is 5.69 Å². The summed E-state index contributed by atoms with van der Waals surface area (Å²) in [7, 11) is 0. The fourth-order valence-electron chi connectivity index (χ4n) is 2.07. The van der Waals surface area contributed by atoms with Crippen LogP contribution in [0.2, 0.25) is 10.0 Å². The highest BCUT2D eigenvalue weighted by molar-refractivity contribution is 6.31. The second kappa shape index (κ2) is 6.37. The van der Waals surface area contributed by atoms with E-state index in [0.717, 1.165) is 5.56 Å². The summed E-state index contributed by atoms with van der Waals surface area (Å²) in [6.45, 7) is 1.64. The fraction of sp³-hybridized carbons (Fsp3) is 0.188. The molecule has 0 aliphatic carbocycles. The third kappa shape index (κ3) is 4.13. The van der Waals surface area contributed by atoms with Gasteiger partial charge in [-0.1, -0.05) is 41.4 Å². The van der Waals surface area contributed by atoms with Gasteiger partial charge in [-0.3, -0.25) is 0 Å². The molecule has 0 bridgehead atoms. The van der Waals surface area contributed by atoms with Gasteiger partial charge < -0.3 is 10.4 Å². The highest BCUT2D eigenvalue weighted by Crippen LogP contribution is 2.23. The Kier molecular flexibility index (Phi) is 4.76. The maximum atomic E-state index is 11.7. The van der Waals surface area contributed by atoms with Crippen LogP contribution in [0.25, 0.3) is 0 Å².